The van der Waals surface area contributed by atoms with Crippen molar-refractivity contribution in [3.8, 4) is 0 Å². The lowest BCUT2D eigenvalue weighted by Crippen LogP contribution is -2.38. The standard InChI is InChI=1S/C15H25N3OS/c1-3-4-8-20-15-16-9-13(10-17-15)11-18-7-5-6-14(12-18)19-2/h9-10,14H,3-8,11-12H2,1-2H3. The number of thioether (sulfide) groups is 1. The molecule has 0 bridgehead atoms. The zero-order valence-corrected chi connectivity index (χ0v) is 13.4. The molecular formula is C15H25N3OS. The zero-order chi connectivity index (χ0) is 14.2. The van der Waals surface area contributed by atoms with Crippen molar-refractivity contribution in [2.45, 2.75) is 50.4 Å². The second-order valence-corrected chi connectivity index (χ2v) is 6.37. The summed E-state index contributed by atoms with van der Waals surface area (Å²) < 4.78 is 5.46. The monoisotopic (exact) mass is 295 g/mol. The smallest absolute Gasteiger partial charge is 0.187 e. The van der Waals surface area contributed by atoms with Crippen LogP contribution in [0.3, 0.4) is 0 Å². The fourth-order valence-electron chi connectivity index (χ4n) is 2.41. The van der Waals surface area contributed by atoms with Crippen molar-refractivity contribution in [3.05, 3.63) is 18.0 Å². The van der Waals surface area contributed by atoms with Gasteiger partial charge in [0, 0.05) is 43.9 Å². The number of nitrogens with zero attached hydrogens (tertiary/aromatic N) is 3. The van der Waals surface area contributed by atoms with Crippen LogP contribution in [0.25, 0.3) is 0 Å². The van der Waals surface area contributed by atoms with Crippen molar-refractivity contribution in [3.63, 3.8) is 0 Å². The Labute approximate surface area is 126 Å². The van der Waals surface area contributed by atoms with E-state index in [1.54, 1.807) is 18.9 Å². The van der Waals surface area contributed by atoms with Gasteiger partial charge in [0.1, 0.15) is 0 Å². The Morgan fingerprint density at radius 1 is 1.40 bits per heavy atom. The Morgan fingerprint density at radius 3 is 2.90 bits per heavy atom. The Bertz CT molecular complexity index is 385. The lowest BCUT2D eigenvalue weighted by Gasteiger charge is -2.31. The topological polar surface area (TPSA) is 38.2 Å². The van der Waals surface area contributed by atoms with E-state index >= 15 is 0 Å². The van der Waals surface area contributed by atoms with Crippen LogP contribution in [0.2, 0.25) is 0 Å². The SMILES string of the molecule is CCCCSc1ncc(CN2CCCC(OC)C2)cn1. The zero-order valence-electron chi connectivity index (χ0n) is 12.5. The maximum atomic E-state index is 5.46. The Hall–Kier alpha value is -0.650. The molecule has 0 aliphatic carbocycles. The van der Waals surface area contributed by atoms with Crippen LogP contribution in [0.4, 0.5) is 0 Å². The van der Waals surface area contributed by atoms with Gasteiger partial charge in [-0.3, -0.25) is 4.90 Å². The van der Waals surface area contributed by atoms with Gasteiger partial charge in [0.05, 0.1) is 6.10 Å². The van der Waals surface area contributed by atoms with E-state index in [1.807, 2.05) is 12.4 Å². The van der Waals surface area contributed by atoms with E-state index in [9.17, 15) is 0 Å². The molecule has 1 fully saturated rings. The number of methoxy groups -OCH3 is 1. The third kappa shape index (κ3) is 5.04. The molecule has 1 saturated heterocycles. The molecule has 4 nitrogen and oxygen atoms in total. The number of piperidine rings is 1. The predicted octanol–water partition coefficient (Wildman–Crippen LogP) is 2.98. The molecule has 0 N–H and O–H groups in total. The summed E-state index contributed by atoms with van der Waals surface area (Å²) in [4.78, 5) is 11.3. The number of aromatic nitrogens is 2. The number of rotatable bonds is 7. The molecule has 20 heavy (non-hydrogen) atoms. The third-order valence-electron chi connectivity index (χ3n) is 3.61. The highest BCUT2D eigenvalue weighted by Gasteiger charge is 2.19. The molecule has 1 aromatic rings. The van der Waals surface area contributed by atoms with Crippen LogP contribution >= 0.6 is 11.8 Å². The summed E-state index contributed by atoms with van der Waals surface area (Å²) in [7, 11) is 1.81. The molecular weight excluding hydrogens is 270 g/mol. The minimum atomic E-state index is 0.383. The third-order valence-corrected chi connectivity index (χ3v) is 4.57. The molecule has 112 valence electrons. The van der Waals surface area contributed by atoms with Gasteiger partial charge in [0.15, 0.2) is 5.16 Å². The molecule has 1 unspecified atom stereocenters. The summed E-state index contributed by atoms with van der Waals surface area (Å²) in [5, 5.41) is 0.899. The predicted molar refractivity (Wildman–Crippen MR) is 83.0 cm³/mol. The molecule has 0 radical (unpaired) electrons. The number of likely N-dealkylation sites (tertiary alicyclic amines) is 1. The molecule has 2 heterocycles. The van der Waals surface area contributed by atoms with E-state index < -0.39 is 0 Å². The minimum absolute atomic E-state index is 0.383. The normalized spacial score (nSPS) is 20.2. The average molecular weight is 295 g/mol. The molecule has 5 heteroatoms. The van der Waals surface area contributed by atoms with Crippen molar-refractivity contribution in [1.29, 1.82) is 0 Å². The number of hydrogen-bond acceptors (Lipinski definition) is 5. The molecule has 1 atom stereocenters. The van der Waals surface area contributed by atoms with Crippen molar-refractivity contribution < 1.29 is 4.74 Å². The van der Waals surface area contributed by atoms with Crippen molar-refractivity contribution in [1.82, 2.24) is 14.9 Å². The Kier molecular flexibility index (Phi) is 6.76. The van der Waals surface area contributed by atoms with Gasteiger partial charge in [-0.1, -0.05) is 25.1 Å². The van der Waals surface area contributed by atoms with Crippen LogP contribution in [0.15, 0.2) is 17.6 Å². The van der Waals surface area contributed by atoms with Gasteiger partial charge in [0.25, 0.3) is 0 Å². The van der Waals surface area contributed by atoms with E-state index in [4.69, 9.17) is 4.74 Å². The first-order valence-corrected chi connectivity index (χ1v) is 8.49. The van der Waals surface area contributed by atoms with Crippen molar-refractivity contribution in [2.24, 2.45) is 0 Å². The van der Waals surface area contributed by atoms with Crippen LogP contribution in [-0.2, 0) is 11.3 Å². The Morgan fingerprint density at radius 2 is 2.20 bits per heavy atom. The minimum Gasteiger partial charge on any atom is -0.380 e. The van der Waals surface area contributed by atoms with E-state index in [-0.39, 0.29) is 0 Å². The first-order valence-electron chi connectivity index (χ1n) is 7.50. The lowest BCUT2D eigenvalue weighted by atomic mass is 10.1. The Balaban J connectivity index is 1.80. The van der Waals surface area contributed by atoms with Gasteiger partial charge in [-0.2, -0.15) is 0 Å². The fourth-order valence-corrected chi connectivity index (χ4v) is 3.28. The van der Waals surface area contributed by atoms with E-state index in [0.717, 1.165) is 30.5 Å². The highest BCUT2D eigenvalue weighted by molar-refractivity contribution is 7.99. The molecule has 1 aromatic heterocycles. The highest BCUT2D eigenvalue weighted by atomic mass is 32.2. The second-order valence-electron chi connectivity index (χ2n) is 5.31. The maximum Gasteiger partial charge on any atom is 0.187 e. The van der Waals surface area contributed by atoms with Crippen LogP contribution in [0.1, 0.15) is 38.2 Å². The molecule has 0 saturated carbocycles. The van der Waals surface area contributed by atoms with Gasteiger partial charge >= 0.3 is 0 Å². The highest BCUT2D eigenvalue weighted by Crippen LogP contribution is 2.17. The fraction of sp³-hybridized carbons (Fsp3) is 0.733. The number of hydrogen-bond donors (Lipinski definition) is 0. The van der Waals surface area contributed by atoms with E-state index in [0.29, 0.717) is 6.10 Å². The summed E-state index contributed by atoms with van der Waals surface area (Å²) >= 11 is 1.75. The lowest BCUT2D eigenvalue weighted by molar-refractivity contribution is 0.0285. The maximum absolute atomic E-state index is 5.46. The van der Waals surface area contributed by atoms with Crippen LogP contribution in [0, 0.1) is 0 Å². The van der Waals surface area contributed by atoms with Gasteiger partial charge in [-0.15, -0.1) is 0 Å². The van der Waals surface area contributed by atoms with Crippen LogP contribution < -0.4 is 0 Å². The molecule has 1 aliphatic rings. The number of ether oxygens (including phenoxy) is 1. The molecule has 2 rings (SSSR count). The van der Waals surface area contributed by atoms with Crippen LogP contribution in [-0.4, -0.2) is 46.9 Å². The van der Waals surface area contributed by atoms with E-state index in [2.05, 4.69) is 21.8 Å². The summed E-state index contributed by atoms with van der Waals surface area (Å²) in [6.07, 6.45) is 9.16. The molecule has 0 amide bonds. The summed E-state index contributed by atoms with van der Waals surface area (Å²) in [6.45, 7) is 5.30. The summed E-state index contributed by atoms with van der Waals surface area (Å²) in [5.74, 6) is 1.11. The van der Waals surface area contributed by atoms with Crippen LogP contribution in [0.5, 0.6) is 0 Å². The van der Waals surface area contributed by atoms with Gasteiger partial charge in [-0.25, -0.2) is 9.97 Å². The van der Waals surface area contributed by atoms with E-state index in [1.165, 1.54) is 31.2 Å². The largest absolute Gasteiger partial charge is 0.380 e. The van der Waals surface area contributed by atoms with Gasteiger partial charge < -0.3 is 4.74 Å². The second kappa shape index (κ2) is 8.60. The summed E-state index contributed by atoms with van der Waals surface area (Å²) in [5.41, 5.74) is 1.20. The quantitative estimate of drug-likeness (QED) is 0.439. The average Bonchev–Trinajstić information content (AvgIpc) is 2.49. The molecule has 0 aromatic carbocycles. The van der Waals surface area contributed by atoms with Gasteiger partial charge in [-0.05, 0) is 25.8 Å². The first-order chi connectivity index (χ1) is 9.81. The number of unbranched alkanes of at least 4 members (excludes halogenated alkanes) is 1. The summed E-state index contributed by atoms with van der Waals surface area (Å²) in [6, 6.07) is 0. The molecule has 0 spiro atoms. The van der Waals surface area contributed by atoms with Crippen molar-refractivity contribution >= 4 is 11.8 Å². The first kappa shape index (κ1) is 15.7. The van der Waals surface area contributed by atoms with Gasteiger partial charge in [0.2, 0.25) is 0 Å². The van der Waals surface area contributed by atoms with Crippen molar-refractivity contribution in [2.75, 3.05) is 26.0 Å². The molecule has 1 aliphatic heterocycles.